The second kappa shape index (κ2) is 7.89. The van der Waals surface area contributed by atoms with Crippen molar-refractivity contribution >= 4 is 5.91 Å². The van der Waals surface area contributed by atoms with Crippen LogP contribution in [0.25, 0.3) is 0 Å². The molecule has 1 rings (SSSR count). The summed E-state index contributed by atoms with van der Waals surface area (Å²) >= 11 is 0. The van der Waals surface area contributed by atoms with Gasteiger partial charge in [-0.3, -0.25) is 4.79 Å². The molecule has 0 aromatic carbocycles. The highest BCUT2D eigenvalue weighted by Crippen LogP contribution is 2.12. The molecule has 1 aromatic rings. The van der Waals surface area contributed by atoms with Gasteiger partial charge in [0.1, 0.15) is 0 Å². The highest BCUT2D eigenvalue weighted by molar-refractivity contribution is 5.76. The Kier molecular flexibility index (Phi) is 6.49. The zero-order chi connectivity index (χ0) is 14.3. The summed E-state index contributed by atoms with van der Waals surface area (Å²) in [6.07, 6.45) is 1.84. The first-order valence-electron chi connectivity index (χ1n) is 6.80. The van der Waals surface area contributed by atoms with E-state index in [2.05, 4.69) is 15.5 Å². The van der Waals surface area contributed by atoms with Crippen molar-refractivity contribution in [3.05, 3.63) is 11.8 Å². The van der Waals surface area contributed by atoms with Crippen LogP contribution in [-0.4, -0.2) is 33.9 Å². The fourth-order valence-corrected chi connectivity index (χ4v) is 1.58. The highest BCUT2D eigenvalue weighted by atomic mass is 16.4. The van der Waals surface area contributed by atoms with Crippen LogP contribution in [-0.2, 0) is 11.2 Å². The van der Waals surface area contributed by atoms with Crippen molar-refractivity contribution in [2.45, 2.75) is 58.5 Å². The van der Waals surface area contributed by atoms with Gasteiger partial charge in [0.25, 0.3) is 0 Å². The van der Waals surface area contributed by atoms with Gasteiger partial charge in [0.05, 0.1) is 6.10 Å². The summed E-state index contributed by atoms with van der Waals surface area (Å²) in [5.74, 6) is 1.15. The van der Waals surface area contributed by atoms with Gasteiger partial charge in [-0.05, 0) is 6.42 Å². The van der Waals surface area contributed by atoms with Crippen molar-refractivity contribution in [1.29, 1.82) is 0 Å². The number of aliphatic hydroxyl groups excluding tert-OH is 1. The molecular formula is C13H23N3O3. The maximum Gasteiger partial charge on any atom is 0.220 e. The predicted molar refractivity (Wildman–Crippen MR) is 70.6 cm³/mol. The highest BCUT2D eigenvalue weighted by Gasteiger charge is 2.11. The maximum atomic E-state index is 11.6. The minimum absolute atomic E-state index is 0.112. The van der Waals surface area contributed by atoms with E-state index in [1.807, 2.05) is 20.8 Å². The molecule has 1 atom stereocenters. The van der Waals surface area contributed by atoms with Gasteiger partial charge in [-0.2, -0.15) is 0 Å². The number of rotatable bonds is 8. The zero-order valence-corrected chi connectivity index (χ0v) is 11.8. The quantitative estimate of drug-likeness (QED) is 0.744. The topological polar surface area (TPSA) is 88.2 Å². The van der Waals surface area contributed by atoms with E-state index in [4.69, 9.17) is 4.42 Å². The van der Waals surface area contributed by atoms with Crippen molar-refractivity contribution in [2.24, 2.45) is 0 Å². The Hall–Kier alpha value is -1.43. The monoisotopic (exact) mass is 269 g/mol. The summed E-state index contributed by atoms with van der Waals surface area (Å²) in [4.78, 5) is 11.6. The van der Waals surface area contributed by atoms with Crippen LogP contribution in [0.15, 0.2) is 4.42 Å². The fraction of sp³-hybridized carbons (Fsp3) is 0.769. The first-order valence-corrected chi connectivity index (χ1v) is 6.80. The van der Waals surface area contributed by atoms with E-state index in [1.165, 1.54) is 0 Å². The molecule has 0 saturated carbocycles. The smallest absolute Gasteiger partial charge is 0.220 e. The van der Waals surface area contributed by atoms with E-state index in [0.717, 1.165) is 6.42 Å². The lowest BCUT2D eigenvalue weighted by Gasteiger charge is -2.09. The molecule has 6 heteroatoms. The first kappa shape index (κ1) is 15.6. The Bertz CT molecular complexity index is 390. The largest absolute Gasteiger partial charge is 0.425 e. The molecule has 1 amide bonds. The fourth-order valence-electron chi connectivity index (χ4n) is 1.58. The second-order valence-electron chi connectivity index (χ2n) is 4.94. The van der Waals surface area contributed by atoms with Crippen molar-refractivity contribution in [3.63, 3.8) is 0 Å². The summed E-state index contributed by atoms with van der Waals surface area (Å²) in [7, 11) is 0. The average molecular weight is 269 g/mol. The average Bonchev–Trinajstić information content (AvgIpc) is 2.83. The molecule has 1 aromatic heterocycles. The van der Waals surface area contributed by atoms with E-state index in [0.29, 0.717) is 37.6 Å². The maximum absolute atomic E-state index is 11.6. The third-order valence-electron chi connectivity index (χ3n) is 2.70. The van der Waals surface area contributed by atoms with E-state index in [-0.39, 0.29) is 11.8 Å². The molecule has 0 aliphatic carbocycles. The molecular weight excluding hydrogens is 246 g/mol. The van der Waals surface area contributed by atoms with E-state index >= 15 is 0 Å². The Labute approximate surface area is 113 Å². The van der Waals surface area contributed by atoms with Gasteiger partial charge in [0, 0.05) is 25.3 Å². The number of aryl methyl sites for hydroxylation is 1. The Balaban J connectivity index is 2.25. The molecule has 108 valence electrons. The summed E-state index contributed by atoms with van der Waals surface area (Å²) in [5.41, 5.74) is 0. The third kappa shape index (κ3) is 5.83. The van der Waals surface area contributed by atoms with Crippen molar-refractivity contribution in [3.8, 4) is 0 Å². The molecule has 0 fully saturated rings. The number of hydrogen-bond donors (Lipinski definition) is 2. The molecule has 0 aliphatic heterocycles. The number of nitrogens with zero attached hydrogens (tertiary/aromatic N) is 2. The van der Waals surface area contributed by atoms with Crippen molar-refractivity contribution in [2.75, 3.05) is 6.54 Å². The van der Waals surface area contributed by atoms with Crippen LogP contribution in [0.1, 0.15) is 57.7 Å². The zero-order valence-electron chi connectivity index (χ0n) is 11.8. The standard InChI is InChI=1S/C13H23N3O3/c1-4-5-10(17)8-14-11(18)6-7-12-15-16-13(19-12)9(2)3/h9-10,17H,4-8H2,1-3H3,(H,14,18). The van der Waals surface area contributed by atoms with Gasteiger partial charge in [-0.1, -0.05) is 27.2 Å². The lowest BCUT2D eigenvalue weighted by Crippen LogP contribution is -2.32. The molecule has 0 bridgehead atoms. The van der Waals surface area contributed by atoms with Crippen LogP contribution in [0.3, 0.4) is 0 Å². The predicted octanol–water partition coefficient (Wildman–Crippen LogP) is 1.40. The molecule has 1 unspecified atom stereocenters. The van der Waals surface area contributed by atoms with E-state index < -0.39 is 6.10 Å². The van der Waals surface area contributed by atoms with Crippen LogP contribution in [0.2, 0.25) is 0 Å². The van der Waals surface area contributed by atoms with Crippen LogP contribution < -0.4 is 5.32 Å². The summed E-state index contributed by atoms with van der Waals surface area (Å²) in [5, 5.41) is 20.0. The molecule has 0 saturated heterocycles. The number of nitrogens with one attached hydrogen (secondary N) is 1. The van der Waals surface area contributed by atoms with E-state index in [9.17, 15) is 9.90 Å². The molecule has 2 N–H and O–H groups in total. The summed E-state index contributed by atoms with van der Waals surface area (Å²) < 4.78 is 5.41. The minimum Gasteiger partial charge on any atom is -0.425 e. The van der Waals surface area contributed by atoms with Crippen LogP contribution in [0.5, 0.6) is 0 Å². The number of hydrogen-bond acceptors (Lipinski definition) is 5. The Morgan fingerprint density at radius 3 is 2.74 bits per heavy atom. The number of carbonyl (C=O) groups excluding carboxylic acids is 1. The molecule has 6 nitrogen and oxygen atoms in total. The number of carbonyl (C=O) groups is 1. The summed E-state index contributed by atoms with van der Waals surface area (Å²) in [6.45, 7) is 6.24. The minimum atomic E-state index is -0.468. The number of aromatic nitrogens is 2. The molecule has 0 radical (unpaired) electrons. The molecule has 1 heterocycles. The lowest BCUT2D eigenvalue weighted by atomic mass is 10.2. The third-order valence-corrected chi connectivity index (χ3v) is 2.70. The molecule has 19 heavy (non-hydrogen) atoms. The van der Waals surface area contributed by atoms with Crippen molar-refractivity contribution in [1.82, 2.24) is 15.5 Å². The Morgan fingerprint density at radius 2 is 2.16 bits per heavy atom. The SMILES string of the molecule is CCCC(O)CNC(=O)CCc1nnc(C(C)C)o1. The Morgan fingerprint density at radius 1 is 1.42 bits per heavy atom. The van der Waals surface area contributed by atoms with Gasteiger partial charge in [0.15, 0.2) is 0 Å². The molecule has 0 spiro atoms. The first-order chi connectivity index (χ1) is 9.02. The van der Waals surface area contributed by atoms with Gasteiger partial charge < -0.3 is 14.8 Å². The van der Waals surface area contributed by atoms with Crippen LogP contribution >= 0.6 is 0 Å². The number of aliphatic hydroxyl groups is 1. The van der Waals surface area contributed by atoms with Gasteiger partial charge in [-0.25, -0.2) is 0 Å². The van der Waals surface area contributed by atoms with E-state index in [1.54, 1.807) is 0 Å². The lowest BCUT2D eigenvalue weighted by molar-refractivity contribution is -0.121. The number of amides is 1. The molecule has 0 aliphatic rings. The van der Waals surface area contributed by atoms with Crippen LogP contribution in [0.4, 0.5) is 0 Å². The van der Waals surface area contributed by atoms with Crippen molar-refractivity contribution < 1.29 is 14.3 Å². The van der Waals surface area contributed by atoms with Gasteiger partial charge in [0.2, 0.25) is 17.7 Å². The van der Waals surface area contributed by atoms with Crippen LogP contribution in [0, 0.1) is 0 Å². The van der Waals surface area contributed by atoms with Gasteiger partial charge >= 0.3 is 0 Å². The summed E-state index contributed by atoms with van der Waals surface area (Å²) in [6, 6.07) is 0. The normalized spacial score (nSPS) is 12.7. The van der Waals surface area contributed by atoms with Gasteiger partial charge in [-0.15, -0.1) is 10.2 Å². The second-order valence-corrected chi connectivity index (χ2v) is 4.94.